The molecule has 0 bridgehead atoms. The summed E-state index contributed by atoms with van der Waals surface area (Å²) in [6, 6.07) is 2.40. The molecule has 2 heterocycles. The van der Waals surface area contributed by atoms with E-state index in [-0.39, 0.29) is 5.92 Å². The van der Waals surface area contributed by atoms with E-state index in [0.29, 0.717) is 11.8 Å². The zero-order chi connectivity index (χ0) is 12.7. The van der Waals surface area contributed by atoms with Crippen LogP contribution in [0.25, 0.3) is 11.0 Å². The number of carbonyl (C=O) groups is 1. The van der Waals surface area contributed by atoms with Gasteiger partial charge >= 0.3 is 0 Å². The molecule has 18 heavy (non-hydrogen) atoms. The number of nitrogens with zero attached hydrogens (tertiary/aromatic N) is 3. The molecule has 1 N–H and O–H groups in total. The number of rotatable bonds is 3. The lowest BCUT2D eigenvalue weighted by atomic mass is 9.77. The van der Waals surface area contributed by atoms with Gasteiger partial charge in [0.15, 0.2) is 0 Å². The normalized spacial score (nSPS) is 22.8. The van der Waals surface area contributed by atoms with Gasteiger partial charge in [0.05, 0.1) is 5.39 Å². The van der Waals surface area contributed by atoms with E-state index < -0.39 is 0 Å². The SMILES string of the molecule is CC(=O)C1CC(N(C)c2ncnc3[nH]ccc23)C1. The molecular weight excluding hydrogens is 228 g/mol. The summed E-state index contributed by atoms with van der Waals surface area (Å²) in [5.41, 5.74) is 0.856. The first-order valence-corrected chi connectivity index (χ1v) is 6.18. The van der Waals surface area contributed by atoms with Crippen LogP contribution in [0.1, 0.15) is 19.8 Å². The number of hydrogen-bond acceptors (Lipinski definition) is 4. The second kappa shape index (κ2) is 4.08. The topological polar surface area (TPSA) is 61.9 Å². The molecule has 0 saturated heterocycles. The molecular formula is C13H16N4O. The van der Waals surface area contributed by atoms with Crippen molar-refractivity contribution in [3.8, 4) is 0 Å². The first-order valence-electron chi connectivity index (χ1n) is 6.18. The predicted molar refractivity (Wildman–Crippen MR) is 69.5 cm³/mol. The van der Waals surface area contributed by atoms with Gasteiger partial charge in [0.1, 0.15) is 23.6 Å². The fourth-order valence-corrected chi connectivity index (χ4v) is 2.55. The van der Waals surface area contributed by atoms with Crippen LogP contribution in [0.3, 0.4) is 0 Å². The number of H-pyrrole nitrogens is 1. The van der Waals surface area contributed by atoms with E-state index >= 15 is 0 Å². The van der Waals surface area contributed by atoms with Crippen LogP contribution in [-0.2, 0) is 4.79 Å². The Bertz CT molecular complexity index is 585. The summed E-state index contributed by atoms with van der Waals surface area (Å²) >= 11 is 0. The number of nitrogens with one attached hydrogen (secondary N) is 1. The summed E-state index contributed by atoms with van der Waals surface area (Å²) < 4.78 is 0. The van der Waals surface area contributed by atoms with Gasteiger partial charge in [-0.25, -0.2) is 9.97 Å². The van der Waals surface area contributed by atoms with Crippen LogP contribution in [0.15, 0.2) is 18.6 Å². The zero-order valence-corrected chi connectivity index (χ0v) is 10.6. The second-order valence-corrected chi connectivity index (χ2v) is 4.98. The van der Waals surface area contributed by atoms with Crippen molar-refractivity contribution in [2.24, 2.45) is 5.92 Å². The van der Waals surface area contributed by atoms with Crippen LogP contribution in [0.4, 0.5) is 5.82 Å². The quantitative estimate of drug-likeness (QED) is 0.893. The van der Waals surface area contributed by atoms with E-state index in [0.717, 1.165) is 29.7 Å². The second-order valence-electron chi connectivity index (χ2n) is 4.98. The number of aromatic nitrogens is 3. The molecule has 0 atom stereocenters. The number of Topliss-reactive ketones (excluding diaryl/α,β-unsaturated/α-hetero) is 1. The maximum absolute atomic E-state index is 11.3. The molecule has 2 aromatic heterocycles. The first kappa shape index (κ1) is 11.2. The van der Waals surface area contributed by atoms with Crippen molar-refractivity contribution in [1.29, 1.82) is 0 Å². The molecule has 1 aliphatic rings. The van der Waals surface area contributed by atoms with E-state index in [1.165, 1.54) is 0 Å². The fraction of sp³-hybridized carbons (Fsp3) is 0.462. The lowest BCUT2D eigenvalue weighted by molar-refractivity contribution is -0.123. The Morgan fingerprint density at radius 3 is 2.94 bits per heavy atom. The average Bonchev–Trinajstić information content (AvgIpc) is 2.73. The third-order valence-electron chi connectivity index (χ3n) is 3.90. The van der Waals surface area contributed by atoms with Crippen molar-refractivity contribution in [3.63, 3.8) is 0 Å². The van der Waals surface area contributed by atoms with Gasteiger partial charge in [-0.2, -0.15) is 0 Å². The fourth-order valence-electron chi connectivity index (χ4n) is 2.55. The largest absolute Gasteiger partial charge is 0.356 e. The van der Waals surface area contributed by atoms with Crippen LogP contribution in [0.5, 0.6) is 0 Å². The number of carbonyl (C=O) groups excluding carboxylic acids is 1. The third-order valence-corrected chi connectivity index (χ3v) is 3.90. The van der Waals surface area contributed by atoms with Crippen LogP contribution in [0, 0.1) is 5.92 Å². The number of aromatic amines is 1. The summed E-state index contributed by atoms with van der Waals surface area (Å²) in [5, 5.41) is 1.03. The minimum Gasteiger partial charge on any atom is -0.356 e. The molecule has 2 aromatic rings. The van der Waals surface area contributed by atoms with E-state index in [9.17, 15) is 4.79 Å². The van der Waals surface area contributed by atoms with Crippen molar-refractivity contribution < 1.29 is 4.79 Å². The van der Waals surface area contributed by atoms with E-state index in [4.69, 9.17) is 0 Å². The molecule has 0 spiro atoms. The Kier molecular flexibility index (Phi) is 2.54. The zero-order valence-electron chi connectivity index (χ0n) is 10.6. The van der Waals surface area contributed by atoms with E-state index in [2.05, 4.69) is 19.9 Å². The minimum atomic E-state index is 0.237. The molecule has 5 nitrogen and oxygen atoms in total. The van der Waals surface area contributed by atoms with Crippen LogP contribution < -0.4 is 4.90 Å². The summed E-state index contributed by atoms with van der Waals surface area (Å²) in [4.78, 5) is 25.0. The predicted octanol–water partition coefficient (Wildman–Crippen LogP) is 1.76. The van der Waals surface area contributed by atoms with Crippen LogP contribution in [-0.4, -0.2) is 33.8 Å². The smallest absolute Gasteiger partial charge is 0.142 e. The molecule has 0 amide bonds. The third kappa shape index (κ3) is 1.66. The van der Waals surface area contributed by atoms with Gasteiger partial charge in [-0.15, -0.1) is 0 Å². The highest BCUT2D eigenvalue weighted by Crippen LogP contribution is 2.35. The van der Waals surface area contributed by atoms with Gasteiger partial charge < -0.3 is 9.88 Å². The molecule has 0 radical (unpaired) electrons. The number of hydrogen-bond donors (Lipinski definition) is 1. The monoisotopic (exact) mass is 244 g/mol. The Balaban J connectivity index is 1.83. The van der Waals surface area contributed by atoms with E-state index in [1.807, 2.05) is 19.3 Å². The number of anilines is 1. The van der Waals surface area contributed by atoms with Crippen LogP contribution in [0.2, 0.25) is 0 Å². The molecule has 1 saturated carbocycles. The molecule has 5 heteroatoms. The van der Waals surface area contributed by atoms with E-state index in [1.54, 1.807) is 13.3 Å². The summed E-state index contributed by atoms with van der Waals surface area (Å²) in [6.07, 6.45) is 5.31. The van der Waals surface area contributed by atoms with Crippen molar-refractivity contribution in [2.45, 2.75) is 25.8 Å². The van der Waals surface area contributed by atoms with Gasteiger partial charge in [-0.05, 0) is 25.8 Å². The van der Waals surface area contributed by atoms with Crippen molar-refractivity contribution >= 4 is 22.6 Å². The molecule has 0 unspecified atom stereocenters. The molecule has 94 valence electrons. The lowest BCUT2D eigenvalue weighted by Crippen LogP contribution is -2.45. The lowest BCUT2D eigenvalue weighted by Gasteiger charge is -2.40. The Labute approximate surface area is 105 Å². The maximum atomic E-state index is 11.3. The van der Waals surface area contributed by atoms with Crippen LogP contribution >= 0.6 is 0 Å². The van der Waals surface area contributed by atoms with Gasteiger partial charge in [-0.1, -0.05) is 0 Å². The molecule has 1 aliphatic carbocycles. The highest BCUT2D eigenvalue weighted by molar-refractivity contribution is 5.87. The summed E-state index contributed by atoms with van der Waals surface area (Å²) in [6.45, 7) is 1.68. The minimum absolute atomic E-state index is 0.237. The highest BCUT2D eigenvalue weighted by atomic mass is 16.1. The van der Waals surface area contributed by atoms with Gasteiger partial charge in [0.2, 0.25) is 0 Å². The van der Waals surface area contributed by atoms with Crippen molar-refractivity contribution in [3.05, 3.63) is 18.6 Å². The van der Waals surface area contributed by atoms with Gasteiger partial charge in [-0.3, -0.25) is 4.79 Å². The Morgan fingerprint density at radius 1 is 1.44 bits per heavy atom. The van der Waals surface area contributed by atoms with Gasteiger partial charge in [0, 0.05) is 25.2 Å². The molecule has 0 aliphatic heterocycles. The van der Waals surface area contributed by atoms with Crippen molar-refractivity contribution in [2.75, 3.05) is 11.9 Å². The molecule has 3 rings (SSSR count). The highest BCUT2D eigenvalue weighted by Gasteiger charge is 2.35. The standard InChI is InChI=1S/C13H16N4O/c1-8(18)9-5-10(6-9)17(2)13-11-3-4-14-12(11)15-7-16-13/h3-4,7,9-10H,5-6H2,1-2H3,(H,14,15,16). The Morgan fingerprint density at radius 2 is 2.22 bits per heavy atom. The van der Waals surface area contributed by atoms with Gasteiger partial charge in [0.25, 0.3) is 0 Å². The number of ketones is 1. The first-order chi connectivity index (χ1) is 8.66. The summed E-state index contributed by atoms with van der Waals surface area (Å²) in [7, 11) is 2.04. The molecule has 0 aromatic carbocycles. The average molecular weight is 244 g/mol. The molecule has 1 fully saturated rings. The Hall–Kier alpha value is -1.91. The van der Waals surface area contributed by atoms with Crippen molar-refractivity contribution in [1.82, 2.24) is 15.0 Å². The number of fused-ring (bicyclic) bond motifs is 1. The maximum Gasteiger partial charge on any atom is 0.142 e. The summed E-state index contributed by atoms with van der Waals surface area (Å²) in [5.74, 6) is 1.48.